The Morgan fingerprint density at radius 2 is 2.38 bits per heavy atom. The van der Waals surface area contributed by atoms with Crippen molar-refractivity contribution >= 4 is 11.7 Å². The maximum absolute atomic E-state index is 11.7. The average Bonchev–Trinajstić information content (AvgIpc) is 2.35. The van der Waals surface area contributed by atoms with Crippen molar-refractivity contribution < 1.29 is 10.0 Å². The molecule has 0 atom stereocenters. The van der Waals surface area contributed by atoms with Crippen LogP contribution in [0, 0.1) is 0 Å². The molecule has 1 aromatic heterocycles. The van der Waals surface area contributed by atoms with Crippen LogP contribution in [0.4, 0.5) is 0 Å². The van der Waals surface area contributed by atoms with Gasteiger partial charge in [0.15, 0.2) is 0 Å². The van der Waals surface area contributed by atoms with Gasteiger partial charge >= 0.3 is 0 Å². The van der Waals surface area contributed by atoms with E-state index in [-0.39, 0.29) is 17.4 Å². The molecule has 1 amide bonds. The Labute approximate surface area is 92.6 Å². The van der Waals surface area contributed by atoms with Crippen molar-refractivity contribution in [2.24, 2.45) is 10.9 Å². The zero-order valence-electron chi connectivity index (χ0n) is 8.87. The second-order valence-electron chi connectivity index (χ2n) is 3.16. The molecule has 0 saturated carbocycles. The van der Waals surface area contributed by atoms with Crippen LogP contribution in [0.2, 0.25) is 0 Å². The molecule has 16 heavy (non-hydrogen) atoms. The first-order valence-electron chi connectivity index (χ1n) is 4.63. The summed E-state index contributed by atoms with van der Waals surface area (Å²) < 4.78 is 0. The third kappa shape index (κ3) is 3.19. The van der Waals surface area contributed by atoms with E-state index in [1.165, 1.54) is 23.5 Å². The predicted octanol–water partition coefficient (Wildman–Crippen LogP) is -0.315. The van der Waals surface area contributed by atoms with Gasteiger partial charge in [-0.3, -0.25) is 9.78 Å². The first-order chi connectivity index (χ1) is 7.65. The number of carbonyl (C=O) groups is 1. The summed E-state index contributed by atoms with van der Waals surface area (Å²) >= 11 is 0. The van der Waals surface area contributed by atoms with Crippen LogP contribution in [0.25, 0.3) is 0 Å². The lowest BCUT2D eigenvalue weighted by atomic mass is 10.3. The van der Waals surface area contributed by atoms with E-state index < -0.39 is 0 Å². The first kappa shape index (κ1) is 11.9. The lowest BCUT2D eigenvalue weighted by Crippen LogP contribution is -2.31. The highest BCUT2D eigenvalue weighted by molar-refractivity contribution is 5.92. The minimum atomic E-state index is -0.251. The normalized spacial score (nSPS) is 11.2. The minimum absolute atomic E-state index is 0.0822. The zero-order valence-corrected chi connectivity index (χ0v) is 8.87. The summed E-state index contributed by atoms with van der Waals surface area (Å²) in [6, 6.07) is 0. The van der Waals surface area contributed by atoms with Crippen LogP contribution in [0.3, 0.4) is 0 Å². The van der Waals surface area contributed by atoms with E-state index in [9.17, 15) is 4.79 Å². The lowest BCUT2D eigenvalue weighted by molar-refractivity contribution is 0.0792. The third-order valence-corrected chi connectivity index (χ3v) is 1.96. The smallest absolute Gasteiger partial charge is 0.273 e. The van der Waals surface area contributed by atoms with E-state index in [4.69, 9.17) is 10.9 Å². The fourth-order valence-corrected chi connectivity index (χ4v) is 1.04. The van der Waals surface area contributed by atoms with Crippen LogP contribution < -0.4 is 5.73 Å². The zero-order chi connectivity index (χ0) is 12.0. The van der Waals surface area contributed by atoms with E-state index in [2.05, 4.69) is 15.1 Å². The van der Waals surface area contributed by atoms with Crippen LogP contribution in [0.15, 0.2) is 23.7 Å². The molecule has 0 radical (unpaired) electrons. The Bertz CT molecular complexity index is 379. The minimum Gasteiger partial charge on any atom is -0.409 e. The van der Waals surface area contributed by atoms with E-state index >= 15 is 0 Å². The van der Waals surface area contributed by atoms with Gasteiger partial charge in [-0.15, -0.1) is 0 Å². The molecule has 7 heteroatoms. The first-order valence-corrected chi connectivity index (χ1v) is 4.63. The van der Waals surface area contributed by atoms with Gasteiger partial charge in [-0.25, -0.2) is 4.98 Å². The van der Waals surface area contributed by atoms with Crippen molar-refractivity contribution in [2.45, 2.75) is 6.42 Å². The summed E-state index contributed by atoms with van der Waals surface area (Å²) in [6.45, 7) is 0.352. The van der Waals surface area contributed by atoms with Crippen LogP contribution in [0.1, 0.15) is 16.9 Å². The molecular weight excluding hydrogens is 210 g/mol. The van der Waals surface area contributed by atoms with Gasteiger partial charge in [0.25, 0.3) is 5.91 Å². The average molecular weight is 223 g/mol. The van der Waals surface area contributed by atoms with Gasteiger partial charge in [0.05, 0.1) is 6.20 Å². The fraction of sp³-hybridized carbons (Fsp3) is 0.333. The number of nitrogens with two attached hydrogens (primary N) is 1. The molecule has 7 nitrogen and oxygen atoms in total. The number of nitrogens with zero attached hydrogens (tertiary/aromatic N) is 4. The van der Waals surface area contributed by atoms with Gasteiger partial charge in [-0.05, 0) is 0 Å². The van der Waals surface area contributed by atoms with Gasteiger partial charge in [-0.1, -0.05) is 5.16 Å². The van der Waals surface area contributed by atoms with E-state index in [1.807, 2.05) is 0 Å². The number of amidine groups is 1. The van der Waals surface area contributed by atoms with Crippen LogP contribution in [0.5, 0.6) is 0 Å². The molecule has 0 spiro atoms. The second kappa shape index (κ2) is 5.64. The molecule has 1 aromatic rings. The number of hydrogen-bond donors (Lipinski definition) is 2. The van der Waals surface area contributed by atoms with Crippen LogP contribution >= 0.6 is 0 Å². The van der Waals surface area contributed by atoms with Crippen LogP contribution in [-0.4, -0.2) is 45.4 Å². The SMILES string of the molecule is CN(CCC(N)=NO)C(=O)c1cnccn1. The molecule has 1 rings (SSSR count). The van der Waals surface area contributed by atoms with Crippen molar-refractivity contribution in [3.8, 4) is 0 Å². The van der Waals surface area contributed by atoms with Crippen molar-refractivity contribution in [2.75, 3.05) is 13.6 Å². The summed E-state index contributed by atoms with van der Waals surface area (Å²) in [7, 11) is 1.61. The quantitative estimate of drug-likeness (QED) is 0.315. The predicted molar refractivity (Wildman–Crippen MR) is 57.0 cm³/mol. The summed E-state index contributed by atoms with van der Waals surface area (Å²) in [4.78, 5) is 20.8. The number of carbonyl (C=O) groups excluding carboxylic acids is 1. The van der Waals surface area contributed by atoms with E-state index in [1.54, 1.807) is 7.05 Å². The summed E-state index contributed by atoms with van der Waals surface area (Å²) in [5.41, 5.74) is 5.56. The Morgan fingerprint density at radius 3 is 2.94 bits per heavy atom. The standard InChI is InChI=1S/C9H13N5O2/c1-14(5-2-8(10)13-16)9(15)7-6-11-3-4-12-7/h3-4,6,16H,2,5H2,1H3,(H2,10,13). The molecule has 0 aromatic carbocycles. The van der Waals surface area contributed by atoms with Gasteiger partial charge in [0, 0.05) is 32.4 Å². The molecule has 0 aliphatic rings. The highest BCUT2D eigenvalue weighted by Crippen LogP contribution is 1.98. The Morgan fingerprint density at radius 1 is 1.62 bits per heavy atom. The van der Waals surface area contributed by atoms with Crippen LogP contribution in [-0.2, 0) is 0 Å². The van der Waals surface area contributed by atoms with Gasteiger partial charge in [0.2, 0.25) is 0 Å². The molecule has 1 heterocycles. The van der Waals surface area contributed by atoms with Crippen molar-refractivity contribution in [3.05, 3.63) is 24.3 Å². The monoisotopic (exact) mass is 223 g/mol. The molecule has 0 aliphatic carbocycles. The molecule has 0 bridgehead atoms. The van der Waals surface area contributed by atoms with Crippen molar-refractivity contribution in [1.82, 2.24) is 14.9 Å². The molecule has 86 valence electrons. The lowest BCUT2D eigenvalue weighted by Gasteiger charge is -2.15. The highest BCUT2D eigenvalue weighted by atomic mass is 16.4. The topological polar surface area (TPSA) is 105 Å². The number of aromatic nitrogens is 2. The Balaban J connectivity index is 2.55. The maximum atomic E-state index is 11.7. The molecule has 0 unspecified atom stereocenters. The van der Waals surface area contributed by atoms with Crippen molar-refractivity contribution in [3.63, 3.8) is 0 Å². The molecule has 0 saturated heterocycles. The highest BCUT2D eigenvalue weighted by Gasteiger charge is 2.12. The van der Waals surface area contributed by atoms with Gasteiger partial charge in [0.1, 0.15) is 11.5 Å². The largest absolute Gasteiger partial charge is 0.409 e. The number of rotatable bonds is 4. The Hall–Kier alpha value is -2.18. The molecule has 0 aliphatic heterocycles. The third-order valence-electron chi connectivity index (χ3n) is 1.96. The fourth-order valence-electron chi connectivity index (χ4n) is 1.04. The summed E-state index contributed by atoms with van der Waals surface area (Å²) in [5, 5.41) is 11.2. The molecular formula is C9H13N5O2. The molecule has 3 N–H and O–H groups in total. The molecule has 0 fully saturated rings. The Kier molecular flexibility index (Phi) is 4.19. The van der Waals surface area contributed by atoms with E-state index in [0.717, 1.165) is 0 Å². The number of hydrogen-bond acceptors (Lipinski definition) is 5. The van der Waals surface area contributed by atoms with Gasteiger partial charge < -0.3 is 15.8 Å². The summed E-state index contributed by atoms with van der Waals surface area (Å²) in [5.74, 6) is -0.169. The van der Waals surface area contributed by atoms with E-state index in [0.29, 0.717) is 13.0 Å². The number of oxime groups is 1. The number of amides is 1. The maximum Gasteiger partial charge on any atom is 0.273 e. The second-order valence-corrected chi connectivity index (χ2v) is 3.16. The summed E-state index contributed by atoms with van der Waals surface area (Å²) in [6.07, 6.45) is 4.64. The van der Waals surface area contributed by atoms with Gasteiger partial charge in [-0.2, -0.15) is 0 Å². The van der Waals surface area contributed by atoms with Crippen molar-refractivity contribution in [1.29, 1.82) is 0 Å².